The van der Waals surface area contributed by atoms with E-state index in [0.29, 0.717) is 99.1 Å². The molecular weight excluding hydrogens is 556 g/mol. The van der Waals surface area contributed by atoms with E-state index in [0.717, 1.165) is 13.0 Å². The molecule has 0 saturated carbocycles. The van der Waals surface area contributed by atoms with Gasteiger partial charge in [-0.15, -0.1) is 0 Å². The maximum absolute atomic E-state index is 8.58. The van der Waals surface area contributed by atoms with Gasteiger partial charge in [0.1, 0.15) is 0 Å². The fourth-order valence-corrected chi connectivity index (χ4v) is 4.09. The van der Waals surface area contributed by atoms with Crippen LogP contribution in [-0.4, -0.2) is 130 Å². The molecule has 0 aromatic heterocycles. The molecule has 0 aromatic carbocycles. The first-order chi connectivity index (χ1) is 21.2. The third kappa shape index (κ3) is 35.9. The van der Waals surface area contributed by atoms with Crippen molar-refractivity contribution in [3.63, 3.8) is 0 Å². The van der Waals surface area contributed by atoms with E-state index in [1.54, 1.807) is 0 Å². The van der Waals surface area contributed by atoms with Crippen molar-refractivity contribution in [3.8, 4) is 0 Å². The Bertz CT molecular complexity index is 500. The Hall–Kier alpha value is -0.400. The largest absolute Gasteiger partial charge is 0.394 e. The van der Waals surface area contributed by atoms with Gasteiger partial charge < -0.3 is 47.7 Å². The highest BCUT2D eigenvalue weighted by atomic mass is 16.6. The minimum absolute atomic E-state index is 0.0316. The molecule has 0 heterocycles. The van der Waals surface area contributed by atoms with E-state index in [-0.39, 0.29) is 18.8 Å². The maximum Gasteiger partial charge on any atom is 0.0807 e. The summed E-state index contributed by atoms with van der Waals surface area (Å²) in [4.78, 5) is 0. The molecular formula is C33H68O10. The van der Waals surface area contributed by atoms with E-state index in [4.69, 9.17) is 47.7 Å². The summed E-state index contributed by atoms with van der Waals surface area (Å²) in [6.07, 6.45) is 15.0. The normalized spacial score (nSPS) is 13.1. The summed E-state index contributed by atoms with van der Waals surface area (Å²) in [6, 6.07) is 0. The van der Waals surface area contributed by atoms with E-state index >= 15 is 0 Å². The predicted octanol–water partition coefficient (Wildman–Crippen LogP) is 5.22. The van der Waals surface area contributed by atoms with Crippen molar-refractivity contribution in [1.82, 2.24) is 0 Å². The Labute approximate surface area is 263 Å². The molecule has 0 aliphatic heterocycles. The van der Waals surface area contributed by atoms with Crippen LogP contribution in [0.5, 0.6) is 0 Å². The van der Waals surface area contributed by atoms with E-state index < -0.39 is 0 Å². The quantitative estimate of drug-likeness (QED) is 0.0921. The van der Waals surface area contributed by atoms with Gasteiger partial charge in [0.2, 0.25) is 0 Å². The molecule has 0 fully saturated rings. The molecule has 0 saturated heterocycles. The summed E-state index contributed by atoms with van der Waals surface area (Å²) in [5.74, 6) is 0. The van der Waals surface area contributed by atoms with Gasteiger partial charge in [-0.1, -0.05) is 71.1 Å². The van der Waals surface area contributed by atoms with Gasteiger partial charge in [0, 0.05) is 6.61 Å². The zero-order valence-corrected chi connectivity index (χ0v) is 28.1. The highest BCUT2D eigenvalue weighted by molar-refractivity contribution is 4.60. The Morgan fingerprint density at radius 2 is 0.628 bits per heavy atom. The van der Waals surface area contributed by atoms with Crippen LogP contribution < -0.4 is 0 Å². The third-order valence-electron chi connectivity index (χ3n) is 6.87. The topological polar surface area (TPSA) is 103 Å². The van der Waals surface area contributed by atoms with Gasteiger partial charge >= 0.3 is 0 Å². The van der Waals surface area contributed by atoms with Crippen LogP contribution >= 0.6 is 0 Å². The lowest BCUT2D eigenvalue weighted by Gasteiger charge is -2.21. The first-order valence-electron chi connectivity index (χ1n) is 17.1. The van der Waals surface area contributed by atoms with E-state index in [9.17, 15) is 0 Å². The number of aliphatic hydroxyl groups is 1. The van der Waals surface area contributed by atoms with Gasteiger partial charge in [-0.2, -0.15) is 0 Å². The van der Waals surface area contributed by atoms with Gasteiger partial charge in [-0.05, 0) is 20.3 Å². The molecule has 10 heteroatoms. The summed E-state index contributed by atoms with van der Waals surface area (Å²) in [7, 11) is 0. The molecule has 1 N–H and O–H groups in total. The number of unbranched alkanes of at least 4 members (excludes halogenated alkanes) is 10. The second-order valence-corrected chi connectivity index (χ2v) is 10.7. The average Bonchev–Trinajstić information content (AvgIpc) is 3.01. The van der Waals surface area contributed by atoms with Gasteiger partial charge in [-0.25, -0.2) is 0 Å². The molecule has 0 spiro atoms. The smallest absolute Gasteiger partial charge is 0.0807 e. The standard InChI is InChI=1S/C33H68O10/c1-4-5-6-7-8-9-10-11-12-13-14-16-42-32(2)33(3)43-31-30-41-29-28-40-27-26-39-25-24-38-23-22-37-21-20-36-19-18-35-17-15-34/h32-34H,4-31H2,1-3H3. The third-order valence-corrected chi connectivity index (χ3v) is 6.87. The van der Waals surface area contributed by atoms with Crippen LogP contribution in [0.25, 0.3) is 0 Å². The van der Waals surface area contributed by atoms with E-state index in [2.05, 4.69) is 20.8 Å². The number of hydrogen-bond acceptors (Lipinski definition) is 10. The van der Waals surface area contributed by atoms with E-state index in [1.807, 2.05) is 0 Å². The number of rotatable bonds is 38. The molecule has 2 unspecified atom stereocenters. The minimum atomic E-state index is 0.0316. The van der Waals surface area contributed by atoms with Gasteiger partial charge in [-0.3, -0.25) is 0 Å². The molecule has 0 amide bonds. The van der Waals surface area contributed by atoms with Crippen molar-refractivity contribution in [2.75, 3.05) is 112 Å². The van der Waals surface area contributed by atoms with Gasteiger partial charge in [0.25, 0.3) is 0 Å². The molecule has 0 aromatic rings. The van der Waals surface area contributed by atoms with Crippen LogP contribution in [0.1, 0.15) is 91.4 Å². The lowest BCUT2D eigenvalue weighted by Crippen LogP contribution is -2.28. The first kappa shape index (κ1) is 42.6. The number of hydrogen-bond donors (Lipinski definition) is 1. The Balaban J connectivity index is 3.23. The Morgan fingerprint density at radius 1 is 0.349 bits per heavy atom. The van der Waals surface area contributed by atoms with Crippen molar-refractivity contribution in [2.24, 2.45) is 0 Å². The van der Waals surface area contributed by atoms with Crippen LogP contribution in [0.4, 0.5) is 0 Å². The van der Waals surface area contributed by atoms with Gasteiger partial charge in [0.15, 0.2) is 0 Å². The SMILES string of the molecule is CCCCCCCCCCCCCOC(C)C(C)OCCOCCOCCOCCOCCOCCOCCOCCO. The van der Waals surface area contributed by atoms with Crippen LogP contribution in [0, 0.1) is 0 Å². The van der Waals surface area contributed by atoms with Crippen LogP contribution in [0.2, 0.25) is 0 Å². The fourth-order valence-electron chi connectivity index (χ4n) is 4.09. The minimum Gasteiger partial charge on any atom is -0.394 e. The lowest BCUT2D eigenvalue weighted by molar-refractivity contribution is -0.0733. The first-order valence-corrected chi connectivity index (χ1v) is 17.1. The fraction of sp³-hybridized carbons (Fsp3) is 1.00. The molecule has 260 valence electrons. The second kappa shape index (κ2) is 37.8. The van der Waals surface area contributed by atoms with Crippen LogP contribution in [-0.2, 0) is 42.6 Å². The Morgan fingerprint density at radius 3 is 0.977 bits per heavy atom. The van der Waals surface area contributed by atoms with Crippen LogP contribution in [0.15, 0.2) is 0 Å². The van der Waals surface area contributed by atoms with Crippen molar-refractivity contribution in [2.45, 2.75) is 104 Å². The summed E-state index contributed by atoms with van der Waals surface area (Å²) in [5, 5.41) is 8.58. The van der Waals surface area contributed by atoms with Crippen molar-refractivity contribution in [3.05, 3.63) is 0 Å². The molecule has 0 radical (unpaired) electrons. The van der Waals surface area contributed by atoms with Crippen molar-refractivity contribution < 1.29 is 47.7 Å². The molecule has 0 aliphatic carbocycles. The summed E-state index contributed by atoms with van der Waals surface area (Å²) >= 11 is 0. The summed E-state index contributed by atoms with van der Waals surface area (Å²) in [6.45, 7) is 14.9. The highest BCUT2D eigenvalue weighted by Gasteiger charge is 2.12. The average molecular weight is 625 g/mol. The zero-order chi connectivity index (χ0) is 31.3. The molecule has 0 rings (SSSR count). The number of ether oxygens (including phenoxy) is 9. The molecule has 0 aliphatic rings. The summed E-state index contributed by atoms with van der Waals surface area (Å²) in [5.41, 5.74) is 0. The van der Waals surface area contributed by atoms with Crippen LogP contribution in [0.3, 0.4) is 0 Å². The molecule has 43 heavy (non-hydrogen) atoms. The number of aliphatic hydroxyl groups excluding tert-OH is 1. The highest BCUT2D eigenvalue weighted by Crippen LogP contribution is 2.12. The molecule has 2 atom stereocenters. The van der Waals surface area contributed by atoms with Gasteiger partial charge in [0.05, 0.1) is 118 Å². The zero-order valence-electron chi connectivity index (χ0n) is 28.1. The predicted molar refractivity (Wildman–Crippen MR) is 170 cm³/mol. The maximum atomic E-state index is 8.58. The monoisotopic (exact) mass is 624 g/mol. The van der Waals surface area contributed by atoms with E-state index in [1.165, 1.54) is 64.2 Å². The Kier molecular flexibility index (Phi) is 37.4. The molecule has 0 bridgehead atoms. The summed E-state index contributed by atoms with van der Waals surface area (Å²) < 4.78 is 49.7. The lowest BCUT2D eigenvalue weighted by atomic mass is 10.1. The molecule has 10 nitrogen and oxygen atoms in total. The van der Waals surface area contributed by atoms with Crippen molar-refractivity contribution in [1.29, 1.82) is 0 Å². The van der Waals surface area contributed by atoms with Crippen molar-refractivity contribution >= 4 is 0 Å². The second-order valence-electron chi connectivity index (χ2n) is 10.7.